The number of amides is 1. The van der Waals surface area contributed by atoms with Crippen LogP contribution < -0.4 is 10.2 Å². The molecule has 2 aliphatic rings. The van der Waals surface area contributed by atoms with Gasteiger partial charge in [-0.25, -0.2) is 4.98 Å². The number of piperazine rings is 1. The van der Waals surface area contributed by atoms with Gasteiger partial charge in [0.1, 0.15) is 12.3 Å². The largest absolute Gasteiger partial charge is 0.433 e. The number of aromatic nitrogens is 1. The first kappa shape index (κ1) is 28.5. The number of halogens is 6. The van der Waals surface area contributed by atoms with Crippen LogP contribution >= 0.6 is 0 Å². The SMILES string of the molecule is N#Cc1ccc(NC2CCC(OCC(=O)N3CCN(c4ccc(C(F)(F)F)nc4)CC3)CC2)cc1C(F)(F)F. The number of nitriles is 1. The van der Waals surface area contributed by atoms with Crippen molar-refractivity contribution in [2.24, 2.45) is 0 Å². The van der Waals surface area contributed by atoms with Gasteiger partial charge in [0.15, 0.2) is 0 Å². The summed E-state index contributed by atoms with van der Waals surface area (Å²) >= 11 is 0. The Kier molecular flexibility index (Phi) is 8.54. The predicted octanol–water partition coefficient (Wildman–Crippen LogP) is 5.08. The molecular weight excluding hydrogens is 528 g/mol. The van der Waals surface area contributed by atoms with Crippen LogP contribution in [0.15, 0.2) is 36.5 Å². The van der Waals surface area contributed by atoms with Crippen LogP contribution in [-0.4, -0.2) is 60.7 Å². The monoisotopic (exact) mass is 555 g/mol. The molecule has 4 rings (SSSR count). The topological polar surface area (TPSA) is 81.5 Å². The first-order valence-corrected chi connectivity index (χ1v) is 12.5. The molecule has 1 aromatic carbocycles. The van der Waals surface area contributed by atoms with E-state index in [1.54, 1.807) is 11.0 Å². The number of hydrogen-bond donors (Lipinski definition) is 1. The lowest BCUT2D eigenvalue weighted by molar-refractivity contribution is -0.141. The zero-order valence-electron chi connectivity index (χ0n) is 20.9. The van der Waals surface area contributed by atoms with Crippen molar-refractivity contribution in [2.75, 3.05) is 43.0 Å². The second kappa shape index (κ2) is 11.7. The fourth-order valence-corrected chi connectivity index (χ4v) is 4.81. The molecule has 0 atom stereocenters. The minimum absolute atomic E-state index is 0.0534. The molecule has 13 heteroatoms. The van der Waals surface area contributed by atoms with Gasteiger partial charge in [0.2, 0.25) is 5.91 Å². The lowest BCUT2D eigenvalue weighted by Gasteiger charge is -2.36. The van der Waals surface area contributed by atoms with E-state index in [4.69, 9.17) is 10.00 Å². The Morgan fingerprint density at radius 2 is 1.69 bits per heavy atom. The molecule has 1 N–H and O–H groups in total. The number of nitrogens with zero attached hydrogens (tertiary/aromatic N) is 4. The first-order chi connectivity index (χ1) is 18.4. The van der Waals surface area contributed by atoms with Crippen molar-refractivity contribution in [3.63, 3.8) is 0 Å². The average Bonchev–Trinajstić information content (AvgIpc) is 2.91. The molecule has 7 nitrogen and oxygen atoms in total. The zero-order chi connectivity index (χ0) is 28.2. The van der Waals surface area contributed by atoms with Gasteiger partial charge in [-0.05, 0) is 56.0 Å². The molecule has 1 amide bonds. The normalized spacial score (nSPS) is 20.4. The lowest BCUT2D eigenvalue weighted by Crippen LogP contribution is -2.50. The maximum Gasteiger partial charge on any atom is 0.433 e. The van der Waals surface area contributed by atoms with Crippen LogP contribution in [0.3, 0.4) is 0 Å². The molecule has 2 aromatic rings. The maximum absolute atomic E-state index is 13.2. The second-order valence-electron chi connectivity index (χ2n) is 9.57. The van der Waals surface area contributed by atoms with Crippen molar-refractivity contribution in [3.8, 4) is 6.07 Å². The van der Waals surface area contributed by atoms with E-state index in [1.807, 2.05) is 4.90 Å². The van der Waals surface area contributed by atoms with Gasteiger partial charge in [-0.1, -0.05) is 0 Å². The summed E-state index contributed by atoms with van der Waals surface area (Å²) in [7, 11) is 0. The highest BCUT2D eigenvalue weighted by Crippen LogP contribution is 2.34. The van der Waals surface area contributed by atoms with Crippen molar-refractivity contribution in [2.45, 2.75) is 50.2 Å². The number of pyridine rings is 1. The van der Waals surface area contributed by atoms with E-state index in [1.165, 1.54) is 18.3 Å². The summed E-state index contributed by atoms with van der Waals surface area (Å²) in [5, 5.41) is 12.0. The van der Waals surface area contributed by atoms with Gasteiger partial charge in [-0.2, -0.15) is 31.6 Å². The minimum atomic E-state index is -4.62. The quantitative estimate of drug-likeness (QED) is 0.501. The van der Waals surface area contributed by atoms with Crippen LogP contribution in [-0.2, 0) is 21.9 Å². The molecule has 1 aliphatic carbocycles. The fraction of sp³-hybridized carbons (Fsp3) is 0.500. The summed E-state index contributed by atoms with van der Waals surface area (Å²) in [5.74, 6) is -0.169. The molecular formula is C26H27F6N5O2. The van der Waals surface area contributed by atoms with Crippen molar-refractivity contribution in [1.82, 2.24) is 9.88 Å². The molecule has 0 radical (unpaired) electrons. The van der Waals surface area contributed by atoms with Crippen molar-refractivity contribution < 1.29 is 35.9 Å². The van der Waals surface area contributed by atoms with E-state index in [0.29, 0.717) is 63.2 Å². The first-order valence-electron chi connectivity index (χ1n) is 12.5. The Bertz CT molecular complexity index is 1180. The van der Waals surface area contributed by atoms with Crippen LogP contribution in [0.5, 0.6) is 0 Å². The summed E-state index contributed by atoms with van der Waals surface area (Å²) in [5.41, 5.74) is -1.48. The molecule has 2 heterocycles. The molecule has 0 unspecified atom stereocenters. The van der Waals surface area contributed by atoms with Gasteiger partial charge in [0, 0.05) is 37.9 Å². The van der Waals surface area contributed by atoms with Gasteiger partial charge in [-0.3, -0.25) is 4.79 Å². The Morgan fingerprint density at radius 1 is 1.00 bits per heavy atom. The molecule has 1 saturated carbocycles. The number of nitrogens with one attached hydrogen (secondary N) is 1. The number of rotatable bonds is 6. The summed E-state index contributed by atoms with van der Waals surface area (Å²) in [6.07, 6.45) is -5.48. The molecule has 0 spiro atoms. The Morgan fingerprint density at radius 3 is 2.26 bits per heavy atom. The van der Waals surface area contributed by atoms with Gasteiger partial charge < -0.3 is 19.9 Å². The van der Waals surface area contributed by atoms with Gasteiger partial charge in [-0.15, -0.1) is 0 Å². The van der Waals surface area contributed by atoms with E-state index in [0.717, 1.165) is 18.2 Å². The van der Waals surface area contributed by atoms with Crippen molar-refractivity contribution >= 4 is 17.3 Å². The van der Waals surface area contributed by atoms with Gasteiger partial charge in [0.25, 0.3) is 0 Å². The Labute approximate surface area is 221 Å². The van der Waals surface area contributed by atoms with E-state index < -0.39 is 29.2 Å². The summed E-state index contributed by atoms with van der Waals surface area (Å²) in [6, 6.07) is 7.40. The average molecular weight is 556 g/mol. The van der Waals surface area contributed by atoms with Gasteiger partial charge >= 0.3 is 12.4 Å². The third-order valence-electron chi connectivity index (χ3n) is 6.97. The van der Waals surface area contributed by atoms with Crippen LogP contribution in [0.4, 0.5) is 37.7 Å². The lowest BCUT2D eigenvalue weighted by atomic mass is 9.92. The Hall–Kier alpha value is -3.53. The molecule has 210 valence electrons. The predicted molar refractivity (Wildman–Crippen MR) is 130 cm³/mol. The van der Waals surface area contributed by atoms with Crippen LogP contribution in [0.25, 0.3) is 0 Å². The molecule has 1 aliphatic heterocycles. The van der Waals surface area contributed by atoms with E-state index in [9.17, 15) is 31.1 Å². The Balaban J connectivity index is 1.18. The number of hydrogen-bond acceptors (Lipinski definition) is 6. The van der Waals surface area contributed by atoms with Crippen molar-refractivity contribution in [3.05, 3.63) is 53.3 Å². The third-order valence-corrected chi connectivity index (χ3v) is 6.97. The maximum atomic E-state index is 13.2. The smallest absolute Gasteiger partial charge is 0.382 e. The van der Waals surface area contributed by atoms with E-state index in [-0.39, 0.29) is 24.7 Å². The second-order valence-corrected chi connectivity index (χ2v) is 9.57. The van der Waals surface area contributed by atoms with Gasteiger partial charge in [0.05, 0.1) is 35.2 Å². The van der Waals surface area contributed by atoms with Crippen LogP contribution in [0.2, 0.25) is 0 Å². The van der Waals surface area contributed by atoms with Crippen LogP contribution in [0, 0.1) is 11.3 Å². The molecule has 39 heavy (non-hydrogen) atoms. The highest BCUT2D eigenvalue weighted by molar-refractivity contribution is 5.77. The molecule has 1 saturated heterocycles. The molecule has 2 fully saturated rings. The van der Waals surface area contributed by atoms with Crippen molar-refractivity contribution in [1.29, 1.82) is 5.26 Å². The molecule has 0 bridgehead atoms. The summed E-state index contributed by atoms with van der Waals surface area (Å²) in [6.45, 7) is 1.64. The number of benzene rings is 1. The highest BCUT2D eigenvalue weighted by atomic mass is 19.4. The zero-order valence-corrected chi connectivity index (χ0v) is 20.9. The number of carbonyl (C=O) groups is 1. The number of anilines is 2. The number of carbonyl (C=O) groups excluding carboxylic acids is 1. The van der Waals surface area contributed by atoms with Crippen LogP contribution in [0.1, 0.15) is 42.5 Å². The van der Waals surface area contributed by atoms with E-state index >= 15 is 0 Å². The standard InChI is InChI=1S/C26H27F6N5O2/c27-25(28,29)22-13-19(2-1-17(22)14-33)35-18-3-6-21(7-4-18)39-16-24(38)37-11-9-36(10-12-37)20-5-8-23(34-15-20)26(30,31)32/h1-2,5,8,13,15,18,21,35H,3-4,6-7,9-12,16H2. The summed E-state index contributed by atoms with van der Waals surface area (Å²) < 4.78 is 83.6. The molecule has 1 aromatic heterocycles. The number of ether oxygens (including phenoxy) is 1. The number of alkyl halides is 6. The third kappa shape index (κ3) is 7.32. The highest BCUT2D eigenvalue weighted by Gasteiger charge is 2.34. The minimum Gasteiger partial charge on any atom is -0.382 e. The van der Waals surface area contributed by atoms with E-state index in [2.05, 4.69) is 10.3 Å². The summed E-state index contributed by atoms with van der Waals surface area (Å²) in [4.78, 5) is 19.6. The fourth-order valence-electron chi connectivity index (χ4n) is 4.81.